The molecule has 4 bridgehead atoms. The van der Waals surface area contributed by atoms with Crippen LogP contribution in [0.5, 0.6) is 0 Å². The molecule has 3 N–H and O–H groups in total. The highest BCUT2D eigenvalue weighted by atomic mass is 15.2. The van der Waals surface area contributed by atoms with Gasteiger partial charge in [-0.25, -0.2) is 0 Å². The summed E-state index contributed by atoms with van der Waals surface area (Å²) < 4.78 is 0. The third-order valence-electron chi connectivity index (χ3n) is 6.56. The van der Waals surface area contributed by atoms with E-state index in [9.17, 15) is 0 Å². The molecular formula is C17H28N2. The predicted molar refractivity (Wildman–Crippen MR) is 78.3 cm³/mol. The summed E-state index contributed by atoms with van der Waals surface area (Å²) in [7, 11) is 0. The second-order valence-corrected chi connectivity index (χ2v) is 7.90. The number of hydrazine groups is 1. The van der Waals surface area contributed by atoms with Gasteiger partial charge in [-0.2, -0.15) is 0 Å². The Morgan fingerprint density at radius 2 is 1.68 bits per heavy atom. The molecule has 0 aromatic rings. The van der Waals surface area contributed by atoms with Crippen LogP contribution in [-0.4, -0.2) is 6.04 Å². The minimum Gasteiger partial charge on any atom is -0.271 e. The number of hydrogen-bond acceptors (Lipinski definition) is 2. The highest BCUT2D eigenvalue weighted by Gasteiger charge is 2.54. The molecule has 4 saturated carbocycles. The van der Waals surface area contributed by atoms with Gasteiger partial charge in [0, 0.05) is 6.04 Å². The highest BCUT2D eigenvalue weighted by Crippen LogP contribution is 2.62. The van der Waals surface area contributed by atoms with Crippen molar-refractivity contribution in [3.8, 4) is 0 Å². The molecule has 0 aliphatic heterocycles. The van der Waals surface area contributed by atoms with Crippen LogP contribution in [0.15, 0.2) is 11.6 Å². The Morgan fingerprint density at radius 3 is 2.16 bits per heavy atom. The van der Waals surface area contributed by atoms with Gasteiger partial charge in [-0.1, -0.05) is 11.6 Å². The Kier molecular flexibility index (Phi) is 3.00. The van der Waals surface area contributed by atoms with Gasteiger partial charge in [0.05, 0.1) is 0 Å². The van der Waals surface area contributed by atoms with Crippen molar-refractivity contribution in [2.75, 3.05) is 0 Å². The molecule has 0 radical (unpaired) electrons. The average Bonchev–Trinajstić information content (AvgIpc) is 2.38. The molecule has 4 fully saturated rings. The summed E-state index contributed by atoms with van der Waals surface area (Å²) in [6.07, 6.45) is 16.7. The van der Waals surface area contributed by atoms with Gasteiger partial charge in [0.1, 0.15) is 0 Å². The van der Waals surface area contributed by atoms with E-state index >= 15 is 0 Å². The van der Waals surface area contributed by atoms with Gasteiger partial charge in [0.25, 0.3) is 0 Å². The normalized spacial score (nSPS) is 46.2. The second kappa shape index (κ2) is 4.60. The number of rotatable bonds is 3. The Balaban J connectivity index is 1.63. The maximum absolute atomic E-state index is 6.03. The van der Waals surface area contributed by atoms with E-state index in [0.29, 0.717) is 11.5 Å². The van der Waals surface area contributed by atoms with Crippen LogP contribution in [0.3, 0.4) is 0 Å². The van der Waals surface area contributed by atoms with Crippen molar-refractivity contribution < 1.29 is 0 Å². The van der Waals surface area contributed by atoms with Gasteiger partial charge in [0.2, 0.25) is 0 Å². The Labute approximate surface area is 117 Å². The fraction of sp³-hybridized carbons (Fsp3) is 0.882. The third kappa shape index (κ3) is 1.99. The van der Waals surface area contributed by atoms with Crippen LogP contribution in [0, 0.1) is 23.2 Å². The lowest BCUT2D eigenvalue weighted by Gasteiger charge is -2.59. The van der Waals surface area contributed by atoms with Crippen LogP contribution < -0.4 is 11.3 Å². The average molecular weight is 260 g/mol. The monoisotopic (exact) mass is 260 g/mol. The van der Waals surface area contributed by atoms with Crippen molar-refractivity contribution in [2.45, 2.75) is 70.3 Å². The quantitative estimate of drug-likeness (QED) is 0.463. The molecule has 0 amide bonds. The summed E-state index contributed by atoms with van der Waals surface area (Å²) in [6.45, 7) is 0. The summed E-state index contributed by atoms with van der Waals surface area (Å²) in [5.74, 6) is 9.09. The lowest BCUT2D eigenvalue weighted by Crippen LogP contribution is -2.58. The van der Waals surface area contributed by atoms with Crippen LogP contribution in [0.2, 0.25) is 0 Å². The van der Waals surface area contributed by atoms with E-state index in [0.717, 1.165) is 17.8 Å². The smallest absolute Gasteiger partial charge is 0.0476 e. The molecule has 1 unspecified atom stereocenters. The number of allylic oxidation sites excluding steroid dienone is 1. The topological polar surface area (TPSA) is 38.0 Å². The van der Waals surface area contributed by atoms with E-state index in [4.69, 9.17) is 5.84 Å². The molecule has 0 aromatic carbocycles. The van der Waals surface area contributed by atoms with Gasteiger partial charge in [-0.15, -0.1) is 0 Å². The molecule has 19 heavy (non-hydrogen) atoms. The number of nitrogens with one attached hydrogen (secondary N) is 1. The molecule has 0 saturated heterocycles. The lowest BCUT2D eigenvalue weighted by molar-refractivity contribution is -0.0677. The van der Waals surface area contributed by atoms with E-state index in [1.54, 1.807) is 5.57 Å². The number of nitrogens with two attached hydrogens (primary N) is 1. The molecule has 0 aromatic heterocycles. The van der Waals surface area contributed by atoms with Gasteiger partial charge >= 0.3 is 0 Å². The summed E-state index contributed by atoms with van der Waals surface area (Å²) >= 11 is 0. The van der Waals surface area contributed by atoms with Crippen LogP contribution in [-0.2, 0) is 0 Å². The first-order chi connectivity index (χ1) is 9.29. The molecular weight excluding hydrogens is 232 g/mol. The fourth-order valence-electron chi connectivity index (χ4n) is 6.33. The first-order valence-electron chi connectivity index (χ1n) is 8.44. The van der Waals surface area contributed by atoms with Crippen LogP contribution in [0.4, 0.5) is 0 Å². The summed E-state index contributed by atoms with van der Waals surface area (Å²) in [5, 5.41) is 0. The van der Waals surface area contributed by atoms with E-state index in [2.05, 4.69) is 11.5 Å². The van der Waals surface area contributed by atoms with Gasteiger partial charge < -0.3 is 0 Å². The molecule has 2 heteroatoms. The largest absolute Gasteiger partial charge is 0.271 e. The van der Waals surface area contributed by atoms with E-state index in [1.807, 2.05) is 0 Å². The molecule has 0 spiro atoms. The molecule has 106 valence electrons. The predicted octanol–water partition coefficient (Wildman–Crippen LogP) is 3.54. The second-order valence-electron chi connectivity index (χ2n) is 7.90. The van der Waals surface area contributed by atoms with Crippen molar-refractivity contribution in [3.05, 3.63) is 11.6 Å². The first kappa shape index (κ1) is 12.4. The number of hydrogen-bond donors (Lipinski definition) is 2. The minimum absolute atomic E-state index is 0.487. The molecule has 1 atom stereocenters. The minimum atomic E-state index is 0.487. The zero-order valence-electron chi connectivity index (χ0n) is 12.0. The first-order valence-corrected chi connectivity index (χ1v) is 8.44. The Morgan fingerprint density at radius 1 is 1.05 bits per heavy atom. The molecule has 5 aliphatic carbocycles. The molecule has 5 aliphatic rings. The van der Waals surface area contributed by atoms with Gasteiger partial charge in [-0.3, -0.25) is 11.3 Å². The zero-order chi connectivity index (χ0) is 12.9. The van der Waals surface area contributed by atoms with Crippen LogP contribution in [0.1, 0.15) is 64.2 Å². The van der Waals surface area contributed by atoms with Crippen molar-refractivity contribution >= 4 is 0 Å². The summed E-state index contributed by atoms with van der Waals surface area (Å²) in [5.41, 5.74) is 5.43. The van der Waals surface area contributed by atoms with Crippen molar-refractivity contribution in [3.63, 3.8) is 0 Å². The molecule has 2 nitrogen and oxygen atoms in total. The van der Waals surface area contributed by atoms with Crippen molar-refractivity contribution in [1.29, 1.82) is 0 Å². The van der Waals surface area contributed by atoms with E-state index in [1.165, 1.54) is 64.2 Å². The van der Waals surface area contributed by atoms with Gasteiger partial charge in [0.15, 0.2) is 0 Å². The summed E-state index contributed by atoms with van der Waals surface area (Å²) in [6, 6.07) is 0.487. The van der Waals surface area contributed by atoms with Crippen LogP contribution in [0.25, 0.3) is 0 Å². The van der Waals surface area contributed by atoms with E-state index < -0.39 is 0 Å². The molecule has 5 rings (SSSR count). The van der Waals surface area contributed by atoms with Crippen molar-refractivity contribution in [1.82, 2.24) is 5.43 Å². The maximum Gasteiger partial charge on any atom is 0.0476 e. The Hall–Kier alpha value is -0.340. The fourth-order valence-corrected chi connectivity index (χ4v) is 6.33. The highest BCUT2D eigenvalue weighted by molar-refractivity contribution is 5.21. The third-order valence-corrected chi connectivity index (χ3v) is 6.56. The lowest BCUT2D eigenvalue weighted by atomic mass is 9.47. The zero-order valence-corrected chi connectivity index (χ0v) is 12.0. The maximum atomic E-state index is 6.03. The van der Waals surface area contributed by atoms with Gasteiger partial charge in [-0.05, 0) is 87.4 Å². The molecule has 0 heterocycles. The van der Waals surface area contributed by atoms with E-state index in [-0.39, 0.29) is 0 Å². The van der Waals surface area contributed by atoms with Crippen molar-refractivity contribution in [2.24, 2.45) is 29.0 Å². The van der Waals surface area contributed by atoms with Crippen LogP contribution >= 0.6 is 0 Å². The SMILES string of the molecule is NNC(C1=CCCCC1)C12CC3CC(CC(C3)C1)C2. The standard InChI is InChI=1S/C17H28N2/c18-19-16(15-4-2-1-3-5-15)17-9-12-6-13(10-17)8-14(7-12)11-17/h4,12-14,16,19H,1-3,5-11,18H2. The Bertz CT molecular complexity index is 349. The summed E-state index contributed by atoms with van der Waals surface area (Å²) in [4.78, 5) is 0.